The Hall–Kier alpha value is -3.36. The first-order chi connectivity index (χ1) is 15.4. The molecule has 0 aliphatic carbocycles. The molecule has 1 aliphatic heterocycles. The number of nitrogens with one attached hydrogen (secondary N) is 1. The van der Waals surface area contributed by atoms with Crippen molar-refractivity contribution < 1.29 is 9.53 Å². The number of hydrogen-bond acceptors (Lipinski definition) is 5. The zero-order valence-electron chi connectivity index (χ0n) is 18.9. The van der Waals surface area contributed by atoms with Crippen LogP contribution in [0.2, 0.25) is 0 Å². The summed E-state index contributed by atoms with van der Waals surface area (Å²) in [6.07, 6.45) is 1.90. The number of carbonyl (C=O) groups excluding carboxylic acids is 1. The third-order valence-corrected chi connectivity index (χ3v) is 6.20. The SMILES string of the molecule is Cc1nn(C)c(C)c1CNC(=O)C1CCc2nn(CCOc3ccccc3)c(=O)n2CC1. The Balaban J connectivity index is 1.32. The number of aryl methyl sites for hydroxylation is 3. The van der Waals surface area contributed by atoms with Crippen LogP contribution in [0.3, 0.4) is 0 Å². The Morgan fingerprint density at radius 2 is 1.97 bits per heavy atom. The smallest absolute Gasteiger partial charge is 0.346 e. The molecule has 1 N–H and O–H groups in total. The van der Waals surface area contributed by atoms with Gasteiger partial charge in [0.15, 0.2) is 0 Å². The molecule has 0 saturated carbocycles. The van der Waals surface area contributed by atoms with Gasteiger partial charge in [0.1, 0.15) is 18.2 Å². The van der Waals surface area contributed by atoms with Crippen LogP contribution in [0.15, 0.2) is 35.1 Å². The number of nitrogens with zero attached hydrogens (tertiary/aromatic N) is 5. The van der Waals surface area contributed by atoms with Crippen LogP contribution in [0, 0.1) is 19.8 Å². The molecule has 32 heavy (non-hydrogen) atoms. The molecule has 1 unspecified atom stereocenters. The largest absolute Gasteiger partial charge is 0.492 e. The first-order valence-electron chi connectivity index (χ1n) is 11.0. The van der Waals surface area contributed by atoms with Crippen molar-refractivity contribution in [2.45, 2.75) is 52.7 Å². The molecule has 0 bridgehead atoms. The van der Waals surface area contributed by atoms with Crippen molar-refractivity contribution in [1.29, 1.82) is 0 Å². The molecule has 1 aromatic carbocycles. The predicted octanol–water partition coefficient (Wildman–Crippen LogP) is 1.74. The van der Waals surface area contributed by atoms with E-state index in [1.807, 2.05) is 55.9 Å². The fraction of sp³-hybridized carbons (Fsp3) is 0.478. The van der Waals surface area contributed by atoms with E-state index >= 15 is 0 Å². The van der Waals surface area contributed by atoms with Crippen LogP contribution in [0.25, 0.3) is 0 Å². The van der Waals surface area contributed by atoms with Gasteiger partial charge >= 0.3 is 5.69 Å². The maximum Gasteiger partial charge on any atom is 0.346 e. The standard InChI is InChI=1S/C23H30N6O3/c1-16-20(17(2)27(3)25-16)15-24-22(30)18-9-10-21-26-29(23(31)28(21)12-11-18)13-14-32-19-7-5-4-6-8-19/h4-8,18H,9-15H2,1-3H3,(H,24,30). The fourth-order valence-electron chi connectivity index (χ4n) is 4.20. The summed E-state index contributed by atoms with van der Waals surface area (Å²) in [7, 11) is 1.90. The van der Waals surface area contributed by atoms with Gasteiger partial charge in [-0.15, -0.1) is 0 Å². The maximum atomic E-state index is 12.8. The molecule has 9 nitrogen and oxygen atoms in total. The summed E-state index contributed by atoms with van der Waals surface area (Å²) in [4.78, 5) is 25.6. The summed E-state index contributed by atoms with van der Waals surface area (Å²) in [5, 5.41) is 12.0. The van der Waals surface area contributed by atoms with Crippen LogP contribution < -0.4 is 15.7 Å². The summed E-state index contributed by atoms with van der Waals surface area (Å²) >= 11 is 0. The second-order valence-corrected chi connectivity index (χ2v) is 8.25. The van der Waals surface area contributed by atoms with E-state index in [9.17, 15) is 9.59 Å². The summed E-state index contributed by atoms with van der Waals surface area (Å²) < 4.78 is 10.7. The van der Waals surface area contributed by atoms with Crippen molar-refractivity contribution in [2.75, 3.05) is 6.61 Å². The molecule has 0 radical (unpaired) electrons. The second-order valence-electron chi connectivity index (χ2n) is 8.25. The third-order valence-electron chi connectivity index (χ3n) is 6.20. The van der Waals surface area contributed by atoms with Gasteiger partial charge in [-0.25, -0.2) is 9.48 Å². The van der Waals surface area contributed by atoms with Crippen LogP contribution in [0.5, 0.6) is 5.75 Å². The number of hydrogen-bond donors (Lipinski definition) is 1. The highest BCUT2D eigenvalue weighted by Crippen LogP contribution is 2.19. The molecule has 170 valence electrons. The zero-order chi connectivity index (χ0) is 22.7. The van der Waals surface area contributed by atoms with E-state index in [2.05, 4.69) is 15.5 Å². The minimum Gasteiger partial charge on any atom is -0.492 e. The Morgan fingerprint density at radius 1 is 1.19 bits per heavy atom. The van der Waals surface area contributed by atoms with Gasteiger partial charge in [-0.2, -0.15) is 10.2 Å². The van der Waals surface area contributed by atoms with E-state index in [0.29, 0.717) is 45.5 Å². The van der Waals surface area contributed by atoms with E-state index in [0.717, 1.165) is 28.5 Å². The summed E-state index contributed by atoms with van der Waals surface area (Å²) in [6.45, 7) is 5.69. The van der Waals surface area contributed by atoms with Crippen LogP contribution in [0.1, 0.15) is 35.6 Å². The monoisotopic (exact) mass is 438 g/mol. The molecule has 0 fully saturated rings. The van der Waals surface area contributed by atoms with Gasteiger partial charge in [0.2, 0.25) is 5.91 Å². The second kappa shape index (κ2) is 9.42. The summed E-state index contributed by atoms with van der Waals surface area (Å²) in [5.41, 5.74) is 2.91. The first kappa shape index (κ1) is 21.9. The number of benzene rings is 1. The average Bonchev–Trinajstić information content (AvgIpc) is 3.10. The van der Waals surface area contributed by atoms with Gasteiger partial charge in [-0.3, -0.25) is 14.0 Å². The minimum absolute atomic E-state index is 0.0231. The van der Waals surface area contributed by atoms with Crippen LogP contribution in [-0.4, -0.2) is 36.6 Å². The summed E-state index contributed by atoms with van der Waals surface area (Å²) in [5.74, 6) is 1.40. The number of ether oxygens (including phenoxy) is 1. The lowest BCUT2D eigenvalue weighted by Crippen LogP contribution is -2.32. The molecule has 4 rings (SSSR count). The highest BCUT2D eigenvalue weighted by atomic mass is 16.5. The van der Waals surface area contributed by atoms with E-state index < -0.39 is 0 Å². The average molecular weight is 439 g/mol. The summed E-state index contributed by atoms with van der Waals surface area (Å²) in [6, 6.07) is 9.51. The number of fused-ring (bicyclic) bond motifs is 1. The maximum absolute atomic E-state index is 12.8. The molecule has 3 heterocycles. The van der Waals surface area contributed by atoms with Crippen molar-refractivity contribution in [3.05, 3.63) is 63.6 Å². The lowest BCUT2D eigenvalue weighted by Gasteiger charge is -2.14. The molecule has 1 amide bonds. The van der Waals surface area contributed by atoms with Gasteiger partial charge in [0, 0.05) is 43.7 Å². The number of aromatic nitrogens is 5. The number of amides is 1. The number of rotatable bonds is 7. The van der Waals surface area contributed by atoms with Crippen molar-refractivity contribution in [2.24, 2.45) is 13.0 Å². The number of carbonyl (C=O) groups is 1. The Bertz CT molecular complexity index is 1140. The van der Waals surface area contributed by atoms with Gasteiger partial charge < -0.3 is 10.1 Å². The van der Waals surface area contributed by atoms with E-state index in [4.69, 9.17) is 4.74 Å². The predicted molar refractivity (Wildman–Crippen MR) is 119 cm³/mol. The van der Waals surface area contributed by atoms with Gasteiger partial charge in [0.25, 0.3) is 0 Å². The van der Waals surface area contributed by atoms with Crippen molar-refractivity contribution >= 4 is 5.91 Å². The van der Waals surface area contributed by atoms with Crippen molar-refractivity contribution in [3.63, 3.8) is 0 Å². The first-order valence-corrected chi connectivity index (χ1v) is 11.0. The van der Waals surface area contributed by atoms with Crippen molar-refractivity contribution in [3.8, 4) is 5.75 Å². The molecular formula is C23H30N6O3. The highest BCUT2D eigenvalue weighted by Gasteiger charge is 2.25. The molecule has 1 atom stereocenters. The molecule has 1 aliphatic rings. The van der Waals surface area contributed by atoms with Gasteiger partial charge in [0.05, 0.1) is 12.2 Å². The molecular weight excluding hydrogens is 408 g/mol. The van der Waals surface area contributed by atoms with E-state index in [-0.39, 0.29) is 17.5 Å². The zero-order valence-corrected chi connectivity index (χ0v) is 18.9. The Morgan fingerprint density at radius 3 is 2.69 bits per heavy atom. The van der Waals surface area contributed by atoms with E-state index in [1.165, 1.54) is 4.68 Å². The minimum atomic E-state index is -0.140. The highest BCUT2D eigenvalue weighted by molar-refractivity contribution is 5.78. The van der Waals surface area contributed by atoms with Gasteiger partial charge in [-0.05, 0) is 38.8 Å². The van der Waals surface area contributed by atoms with Crippen LogP contribution in [0.4, 0.5) is 0 Å². The number of para-hydroxylation sites is 1. The lowest BCUT2D eigenvalue weighted by molar-refractivity contribution is -0.125. The topological polar surface area (TPSA) is 96.0 Å². The van der Waals surface area contributed by atoms with Crippen LogP contribution >= 0.6 is 0 Å². The fourth-order valence-corrected chi connectivity index (χ4v) is 4.20. The normalized spacial score (nSPS) is 15.8. The van der Waals surface area contributed by atoms with Crippen molar-refractivity contribution in [1.82, 2.24) is 29.4 Å². The molecule has 2 aromatic heterocycles. The molecule has 9 heteroatoms. The Labute approximate surface area is 187 Å². The quantitative estimate of drug-likeness (QED) is 0.606. The third kappa shape index (κ3) is 4.61. The lowest BCUT2D eigenvalue weighted by atomic mass is 9.99. The van der Waals surface area contributed by atoms with E-state index in [1.54, 1.807) is 4.57 Å². The molecule has 3 aromatic rings. The molecule has 0 spiro atoms. The van der Waals surface area contributed by atoms with Gasteiger partial charge in [-0.1, -0.05) is 18.2 Å². The molecule has 0 saturated heterocycles. The Kier molecular flexibility index (Phi) is 6.43. The van der Waals surface area contributed by atoms with Crippen LogP contribution in [-0.2, 0) is 37.9 Å².